The predicted octanol–water partition coefficient (Wildman–Crippen LogP) is 7.37. The molecular formula is C28H28N2O2. The van der Waals surface area contributed by atoms with Crippen molar-refractivity contribution in [2.24, 2.45) is 0 Å². The highest BCUT2D eigenvalue weighted by atomic mass is 16.5. The Labute approximate surface area is 189 Å². The predicted molar refractivity (Wildman–Crippen MR) is 131 cm³/mol. The lowest BCUT2D eigenvalue weighted by Gasteiger charge is -2.23. The monoisotopic (exact) mass is 424 g/mol. The molecule has 0 saturated heterocycles. The average Bonchev–Trinajstić information content (AvgIpc) is 2.82. The van der Waals surface area contributed by atoms with Crippen LogP contribution < -0.4 is 20.9 Å². The first kappa shape index (κ1) is 21.3. The van der Waals surface area contributed by atoms with Gasteiger partial charge in [0.1, 0.15) is 23.0 Å². The summed E-state index contributed by atoms with van der Waals surface area (Å²) >= 11 is 0. The second-order valence-corrected chi connectivity index (χ2v) is 7.76. The molecule has 0 aromatic heterocycles. The minimum atomic E-state index is 0.120. The Morgan fingerprint density at radius 1 is 0.594 bits per heavy atom. The lowest BCUT2D eigenvalue weighted by atomic mass is 9.86. The fourth-order valence-electron chi connectivity index (χ4n) is 3.82. The van der Waals surface area contributed by atoms with Crippen molar-refractivity contribution in [2.75, 3.05) is 11.5 Å². The molecule has 4 rings (SSSR count). The van der Waals surface area contributed by atoms with Gasteiger partial charge in [-0.2, -0.15) is 0 Å². The average molecular weight is 425 g/mol. The van der Waals surface area contributed by atoms with Gasteiger partial charge in [0.25, 0.3) is 0 Å². The Hall–Kier alpha value is -3.92. The Kier molecular flexibility index (Phi) is 6.61. The normalized spacial score (nSPS) is 10.8. The van der Waals surface area contributed by atoms with Crippen molar-refractivity contribution in [3.63, 3.8) is 0 Å². The molecular weight excluding hydrogens is 396 g/mol. The van der Waals surface area contributed by atoms with Crippen LogP contribution in [0.4, 0.5) is 11.4 Å². The van der Waals surface area contributed by atoms with Gasteiger partial charge >= 0.3 is 0 Å². The molecule has 4 aromatic rings. The van der Waals surface area contributed by atoms with Crippen molar-refractivity contribution in [2.45, 2.75) is 25.7 Å². The smallest absolute Gasteiger partial charge is 0.131 e. The van der Waals surface area contributed by atoms with Gasteiger partial charge in [-0.3, -0.25) is 0 Å². The third-order valence-corrected chi connectivity index (χ3v) is 5.38. The van der Waals surface area contributed by atoms with E-state index in [4.69, 9.17) is 20.9 Å². The summed E-state index contributed by atoms with van der Waals surface area (Å²) in [5.41, 5.74) is 15.3. The van der Waals surface area contributed by atoms with E-state index in [1.807, 2.05) is 72.8 Å². The molecule has 0 heterocycles. The molecule has 4 aromatic carbocycles. The van der Waals surface area contributed by atoms with Crippen LogP contribution in [-0.4, -0.2) is 0 Å². The van der Waals surface area contributed by atoms with Crippen LogP contribution in [0.2, 0.25) is 0 Å². The number of nitrogens with two attached hydrogens (primary N) is 2. The molecule has 0 aliphatic rings. The molecule has 0 saturated carbocycles. The van der Waals surface area contributed by atoms with E-state index in [0.717, 1.165) is 47.0 Å². The molecule has 0 atom stereocenters. The van der Waals surface area contributed by atoms with Gasteiger partial charge in [0.15, 0.2) is 0 Å². The van der Waals surface area contributed by atoms with Crippen LogP contribution in [0.15, 0.2) is 97.1 Å². The first-order valence-electron chi connectivity index (χ1n) is 10.9. The second kappa shape index (κ2) is 9.92. The molecule has 0 aliphatic carbocycles. The number of para-hydroxylation sites is 2. The first-order chi connectivity index (χ1) is 15.6. The molecule has 4 N–H and O–H groups in total. The van der Waals surface area contributed by atoms with E-state index in [-0.39, 0.29) is 5.92 Å². The van der Waals surface area contributed by atoms with E-state index < -0.39 is 0 Å². The lowest BCUT2D eigenvalue weighted by molar-refractivity contribution is 0.459. The summed E-state index contributed by atoms with van der Waals surface area (Å²) in [5.74, 6) is 3.30. The fourth-order valence-corrected chi connectivity index (χ4v) is 3.82. The molecule has 0 aliphatic heterocycles. The van der Waals surface area contributed by atoms with Crippen LogP contribution in [0.25, 0.3) is 0 Å². The molecule has 0 radical (unpaired) electrons. The molecule has 0 fully saturated rings. The Balaban J connectivity index is 1.70. The van der Waals surface area contributed by atoms with Gasteiger partial charge in [0, 0.05) is 28.4 Å². The highest BCUT2D eigenvalue weighted by molar-refractivity contribution is 5.51. The minimum absolute atomic E-state index is 0.120. The number of rotatable bonds is 8. The highest BCUT2D eigenvalue weighted by Gasteiger charge is 2.21. The summed E-state index contributed by atoms with van der Waals surface area (Å²) in [5, 5.41) is 0. The van der Waals surface area contributed by atoms with E-state index in [1.54, 1.807) is 0 Å². The SMILES string of the molecule is CCCC(c1ccccc1Oc1ccc(N)cc1)c1ccccc1Oc1ccc(N)cc1. The highest BCUT2D eigenvalue weighted by Crippen LogP contribution is 2.41. The molecule has 0 bridgehead atoms. The van der Waals surface area contributed by atoms with Crippen LogP contribution in [0.1, 0.15) is 36.8 Å². The molecule has 32 heavy (non-hydrogen) atoms. The van der Waals surface area contributed by atoms with Gasteiger partial charge < -0.3 is 20.9 Å². The maximum absolute atomic E-state index is 6.27. The van der Waals surface area contributed by atoms with Crippen LogP contribution >= 0.6 is 0 Å². The van der Waals surface area contributed by atoms with Crippen molar-refractivity contribution in [3.8, 4) is 23.0 Å². The summed E-state index contributed by atoms with van der Waals surface area (Å²) in [4.78, 5) is 0. The summed E-state index contributed by atoms with van der Waals surface area (Å²) in [6.45, 7) is 2.19. The van der Waals surface area contributed by atoms with E-state index in [0.29, 0.717) is 11.4 Å². The van der Waals surface area contributed by atoms with Gasteiger partial charge in [-0.1, -0.05) is 49.7 Å². The summed E-state index contributed by atoms with van der Waals surface area (Å²) in [6.07, 6.45) is 1.99. The van der Waals surface area contributed by atoms with Crippen LogP contribution in [0.3, 0.4) is 0 Å². The second-order valence-electron chi connectivity index (χ2n) is 7.76. The number of benzene rings is 4. The quantitative estimate of drug-likeness (QED) is 0.290. The van der Waals surface area contributed by atoms with Gasteiger partial charge in [0.05, 0.1) is 0 Å². The zero-order chi connectivity index (χ0) is 22.3. The van der Waals surface area contributed by atoms with Gasteiger partial charge in [-0.05, 0) is 67.1 Å². The van der Waals surface area contributed by atoms with E-state index >= 15 is 0 Å². The third kappa shape index (κ3) is 5.03. The lowest BCUT2D eigenvalue weighted by Crippen LogP contribution is -2.05. The van der Waals surface area contributed by atoms with Crippen molar-refractivity contribution in [3.05, 3.63) is 108 Å². The zero-order valence-electron chi connectivity index (χ0n) is 18.2. The van der Waals surface area contributed by atoms with Crippen LogP contribution in [0.5, 0.6) is 23.0 Å². The standard InChI is InChI=1S/C28H28N2O2/c1-2-7-24(25-8-3-5-10-27(25)31-22-16-12-20(29)13-17-22)26-9-4-6-11-28(26)32-23-18-14-21(30)15-19-23/h3-6,8-19,24H,2,7,29-30H2,1H3. The molecule has 162 valence electrons. The summed E-state index contributed by atoms with van der Waals surface area (Å²) < 4.78 is 12.5. The van der Waals surface area contributed by atoms with E-state index in [2.05, 4.69) is 31.2 Å². The molecule has 0 amide bonds. The van der Waals surface area contributed by atoms with Crippen molar-refractivity contribution in [1.29, 1.82) is 0 Å². The van der Waals surface area contributed by atoms with Crippen molar-refractivity contribution < 1.29 is 9.47 Å². The van der Waals surface area contributed by atoms with E-state index in [9.17, 15) is 0 Å². The Morgan fingerprint density at radius 2 is 1.00 bits per heavy atom. The third-order valence-electron chi connectivity index (χ3n) is 5.38. The Bertz CT molecular complexity index is 1060. The van der Waals surface area contributed by atoms with Gasteiger partial charge in [0.2, 0.25) is 0 Å². The van der Waals surface area contributed by atoms with Crippen LogP contribution in [0, 0.1) is 0 Å². The maximum atomic E-state index is 6.27. The number of hydrogen-bond donors (Lipinski definition) is 2. The number of anilines is 2. The van der Waals surface area contributed by atoms with E-state index in [1.165, 1.54) is 0 Å². The zero-order valence-corrected chi connectivity index (χ0v) is 18.2. The molecule has 4 heteroatoms. The Morgan fingerprint density at radius 3 is 1.41 bits per heavy atom. The topological polar surface area (TPSA) is 70.5 Å². The van der Waals surface area contributed by atoms with Crippen molar-refractivity contribution >= 4 is 11.4 Å². The summed E-state index contributed by atoms with van der Waals surface area (Å²) in [7, 11) is 0. The van der Waals surface area contributed by atoms with Crippen molar-refractivity contribution in [1.82, 2.24) is 0 Å². The minimum Gasteiger partial charge on any atom is -0.457 e. The molecule has 0 spiro atoms. The number of ether oxygens (including phenoxy) is 2. The van der Waals surface area contributed by atoms with Gasteiger partial charge in [-0.15, -0.1) is 0 Å². The fraction of sp³-hybridized carbons (Fsp3) is 0.143. The summed E-state index contributed by atoms with van der Waals surface area (Å²) in [6, 6.07) is 31.3. The largest absolute Gasteiger partial charge is 0.457 e. The number of nitrogen functional groups attached to an aromatic ring is 2. The van der Waals surface area contributed by atoms with Crippen LogP contribution in [-0.2, 0) is 0 Å². The molecule has 4 nitrogen and oxygen atoms in total. The molecule has 0 unspecified atom stereocenters. The first-order valence-corrected chi connectivity index (χ1v) is 10.9. The number of hydrogen-bond acceptors (Lipinski definition) is 4. The van der Waals surface area contributed by atoms with Gasteiger partial charge in [-0.25, -0.2) is 0 Å². The maximum Gasteiger partial charge on any atom is 0.131 e.